The van der Waals surface area contributed by atoms with Crippen molar-refractivity contribution in [1.82, 2.24) is 19.9 Å². The molecular formula is C21H18FN5O2. The minimum Gasteiger partial charge on any atom is -0.382 e. The number of hydrogen-bond acceptors (Lipinski definition) is 6. The van der Waals surface area contributed by atoms with E-state index in [0.29, 0.717) is 28.8 Å². The number of carbonyl (C=O) groups is 1. The van der Waals surface area contributed by atoms with E-state index in [9.17, 15) is 14.3 Å². The number of fused-ring (bicyclic) bond motifs is 1. The predicted octanol–water partition coefficient (Wildman–Crippen LogP) is 1.69. The Kier molecular flexibility index (Phi) is 4.60. The summed E-state index contributed by atoms with van der Waals surface area (Å²) in [6, 6.07) is 10.7. The molecule has 7 nitrogen and oxygen atoms in total. The average molecular weight is 391 g/mol. The van der Waals surface area contributed by atoms with E-state index in [2.05, 4.69) is 26.8 Å². The summed E-state index contributed by atoms with van der Waals surface area (Å²) in [5.41, 5.74) is 7.15. The van der Waals surface area contributed by atoms with Crippen LogP contribution in [0.1, 0.15) is 17.8 Å². The molecule has 0 bridgehead atoms. The Morgan fingerprint density at radius 2 is 2.10 bits per heavy atom. The molecule has 1 amide bonds. The quantitative estimate of drug-likeness (QED) is 0.644. The highest BCUT2D eigenvalue weighted by molar-refractivity contribution is 5.90. The highest BCUT2D eigenvalue weighted by atomic mass is 19.1. The fourth-order valence-electron chi connectivity index (χ4n) is 3.21. The lowest BCUT2D eigenvalue weighted by molar-refractivity contribution is -0.137. The molecule has 4 rings (SSSR count). The van der Waals surface area contributed by atoms with E-state index in [1.165, 1.54) is 4.90 Å². The van der Waals surface area contributed by atoms with Gasteiger partial charge in [0.25, 0.3) is 5.91 Å². The van der Waals surface area contributed by atoms with Gasteiger partial charge in [-0.05, 0) is 24.3 Å². The largest absolute Gasteiger partial charge is 0.382 e. The first-order chi connectivity index (χ1) is 13.9. The summed E-state index contributed by atoms with van der Waals surface area (Å²) in [6.45, 7) is -0.327. The van der Waals surface area contributed by atoms with Crippen LogP contribution in [-0.2, 0) is 11.5 Å². The number of nitrogen functional groups attached to an aromatic ring is 1. The van der Waals surface area contributed by atoms with Crippen LogP contribution in [0.2, 0.25) is 0 Å². The zero-order valence-corrected chi connectivity index (χ0v) is 15.7. The van der Waals surface area contributed by atoms with E-state index >= 15 is 0 Å². The predicted molar refractivity (Wildman–Crippen MR) is 106 cm³/mol. The Balaban J connectivity index is 1.69. The topological polar surface area (TPSA) is 105 Å². The summed E-state index contributed by atoms with van der Waals surface area (Å²) in [6.07, 6.45) is 0.279. The number of aliphatic hydroxyl groups is 1. The van der Waals surface area contributed by atoms with Gasteiger partial charge in [-0.1, -0.05) is 24.0 Å². The summed E-state index contributed by atoms with van der Waals surface area (Å²) >= 11 is 0. The third-order valence-electron chi connectivity index (χ3n) is 4.82. The molecule has 0 unspecified atom stereocenters. The van der Waals surface area contributed by atoms with Crippen LogP contribution in [0, 0.1) is 11.8 Å². The standard InChI is InChI=1S/C21H18FN5O2/c1-27-10-9-21(29,20(27)28)8-7-13-3-2-4-14(11-13)15-5-6-16-18(25-15)19(23)26-17(12-22)24-16/h2-6,11,29H,9-10,12H2,1H3,(H2,23,24,26)/t21-/m0/s1. The van der Waals surface area contributed by atoms with Crippen molar-refractivity contribution in [2.75, 3.05) is 19.3 Å². The molecule has 1 aliphatic heterocycles. The van der Waals surface area contributed by atoms with Crippen molar-refractivity contribution in [3.8, 4) is 23.1 Å². The SMILES string of the molecule is CN1CC[C@@](O)(C#Cc2cccc(-c3ccc4nc(CF)nc(N)c4n3)c2)C1=O. The maximum absolute atomic E-state index is 12.8. The second-order valence-electron chi connectivity index (χ2n) is 6.89. The van der Waals surface area contributed by atoms with Gasteiger partial charge in [0, 0.05) is 31.1 Å². The Bertz CT molecular complexity index is 1190. The van der Waals surface area contributed by atoms with Crippen LogP contribution >= 0.6 is 0 Å². The molecule has 146 valence electrons. The number of alkyl halides is 1. The number of halogens is 1. The molecule has 3 aromatic rings. The molecule has 1 atom stereocenters. The van der Waals surface area contributed by atoms with Gasteiger partial charge in [-0.3, -0.25) is 4.79 Å². The third-order valence-corrected chi connectivity index (χ3v) is 4.82. The number of anilines is 1. The lowest BCUT2D eigenvalue weighted by atomic mass is 10.0. The molecule has 0 aliphatic carbocycles. The van der Waals surface area contributed by atoms with E-state index in [4.69, 9.17) is 5.73 Å². The summed E-state index contributed by atoms with van der Waals surface area (Å²) in [4.78, 5) is 26.0. The number of likely N-dealkylation sites (N-methyl/N-ethyl adjacent to an activating group) is 1. The van der Waals surface area contributed by atoms with Gasteiger partial charge in [0.05, 0.1) is 11.2 Å². The smallest absolute Gasteiger partial charge is 0.267 e. The van der Waals surface area contributed by atoms with Gasteiger partial charge in [-0.2, -0.15) is 0 Å². The maximum Gasteiger partial charge on any atom is 0.267 e. The lowest BCUT2D eigenvalue weighted by Crippen LogP contribution is -2.37. The van der Waals surface area contributed by atoms with E-state index in [0.717, 1.165) is 5.56 Å². The van der Waals surface area contributed by atoms with Gasteiger partial charge in [-0.25, -0.2) is 19.3 Å². The van der Waals surface area contributed by atoms with Crippen LogP contribution in [0.15, 0.2) is 36.4 Å². The number of rotatable bonds is 2. The summed E-state index contributed by atoms with van der Waals surface area (Å²) in [7, 11) is 1.64. The summed E-state index contributed by atoms with van der Waals surface area (Å²) in [5.74, 6) is 5.34. The molecule has 8 heteroatoms. The van der Waals surface area contributed by atoms with Gasteiger partial charge >= 0.3 is 0 Å². The first kappa shape index (κ1) is 18.8. The molecule has 0 spiro atoms. The number of aromatic nitrogens is 3. The van der Waals surface area contributed by atoms with Gasteiger partial charge < -0.3 is 15.7 Å². The zero-order valence-electron chi connectivity index (χ0n) is 15.7. The molecule has 3 N–H and O–H groups in total. The first-order valence-corrected chi connectivity index (χ1v) is 9.00. The summed E-state index contributed by atoms with van der Waals surface area (Å²) < 4.78 is 12.8. The monoisotopic (exact) mass is 391 g/mol. The fourth-order valence-corrected chi connectivity index (χ4v) is 3.21. The third kappa shape index (κ3) is 3.48. The molecule has 29 heavy (non-hydrogen) atoms. The zero-order chi connectivity index (χ0) is 20.6. The van der Waals surface area contributed by atoms with Crippen molar-refractivity contribution in [1.29, 1.82) is 0 Å². The van der Waals surface area contributed by atoms with Crippen LogP contribution in [0.4, 0.5) is 10.2 Å². The molecule has 1 saturated heterocycles. The number of benzene rings is 1. The second kappa shape index (κ2) is 7.11. The van der Waals surface area contributed by atoms with Crippen molar-refractivity contribution >= 4 is 22.8 Å². The van der Waals surface area contributed by atoms with Crippen molar-refractivity contribution in [2.24, 2.45) is 0 Å². The van der Waals surface area contributed by atoms with Crippen LogP contribution in [-0.4, -0.2) is 50.1 Å². The molecule has 0 radical (unpaired) electrons. The number of hydrogen-bond donors (Lipinski definition) is 2. The fraction of sp³-hybridized carbons (Fsp3) is 0.238. The van der Waals surface area contributed by atoms with Crippen LogP contribution < -0.4 is 5.73 Å². The van der Waals surface area contributed by atoms with Crippen LogP contribution in [0.3, 0.4) is 0 Å². The Morgan fingerprint density at radius 1 is 1.28 bits per heavy atom. The molecule has 1 aliphatic rings. The van der Waals surface area contributed by atoms with Crippen molar-refractivity contribution in [2.45, 2.75) is 18.7 Å². The number of likely N-dealkylation sites (tertiary alicyclic amines) is 1. The summed E-state index contributed by atoms with van der Waals surface area (Å²) in [5, 5.41) is 10.4. The van der Waals surface area contributed by atoms with Gasteiger partial charge in [0.1, 0.15) is 12.2 Å². The number of nitrogens with zero attached hydrogens (tertiary/aromatic N) is 4. The van der Waals surface area contributed by atoms with Crippen LogP contribution in [0.25, 0.3) is 22.3 Å². The van der Waals surface area contributed by atoms with Gasteiger partial charge in [0.15, 0.2) is 11.6 Å². The highest BCUT2D eigenvalue weighted by Crippen LogP contribution is 2.24. The number of nitrogens with two attached hydrogens (primary N) is 1. The molecular weight excluding hydrogens is 373 g/mol. The molecule has 0 saturated carbocycles. The van der Waals surface area contributed by atoms with E-state index < -0.39 is 12.3 Å². The van der Waals surface area contributed by atoms with Crippen molar-refractivity contribution < 1.29 is 14.3 Å². The maximum atomic E-state index is 12.8. The van der Waals surface area contributed by atoms with E-state index in [1.807, 2.05) is 12.1 Å². The van der Waals surface area contributed by atoms with Gasteiger partial charge in [-0.15, -0.1) is 0 Å². The van der Waals surface area contributed by atoms with Crippen LogP contribution in [0.5, 0.6) is 0 Å². The van der Waals surface area contributed by atoms with Crippen molar-refractivity contribution in [3.63, 3.8) is 0 Å². The van der Waals surface area contributed by atoms with Gasteiger partial charge in [0.2, 0.25) is 5.60 Å². The number of amides is 1. The normalized spacial score (nSPS) is 18.7. The number of pyridine rings is 1. The Labute approximate surface area is 166 Å². The van der Waals surface area contributed by atoms with Crippen molar-refractivity contribution in [3.05, 3.63) is 47.8 Å². The lowest BCUT2D eigenvalue weighted by Gasteiger charge is -2.13. The molecule has 2 aromatic heterocycles. The Morgan fingerprint density at radius 3 is 2.83 bits per heavy atom. The minimum absolute atomic E-state index is 0.0202. The first-order valence-electron chi connectivity index (χ1n) is 9.00. The van der Waals surface area contributed by atoms with E-state index in [-0.39, 0.29) is 24.0 Å². The highest BCUT2D eigenvalue weighted by Gasteiger charge is 2.42. The van der Waals surface area contributed by atoms with E-state index in [1.54, 1.807) is 31.3 Å². The Hall–Kier alpha value is -3.57. The molecule has 3 heterocycles. The number of carbonyl (C=O) groups excluding carboxylic acids is 1. The molecule has 1 fully saturated rings. The average Bonchev–Trinajstić information content (AvgIpc) is 3.00. The minimum atomic E-state index is -1.65. The molecule has 1 aromatic carbocycles. The second-order valence-corrected chi connectivity index (χ2v) is 6.89.